The molecule has 1 aromatic rings. The van der Waals surface area contributed by atoms with Crippen LogP contribution in [0.3, 0.4) is 0 Å². The number of amides is 1. The molecule has 0 radical (unpaired) electrons. The van der Waals surface area contributed by atoms with E-state index in [0.29, 0.717) is 6.42 Å². The molecule has 0 heterocycles. The first-order valence-corrected chi connectivity index (χ1v) is 11.0. The van der Waals surface area contributed by atoms with E-state index in [9.17, 15) is 14.4 Å². The van der Waals surface area contributed by atoms with Gasteiger partial charge in [0.1, 0.15) is 18.2 Å². The van der Waals surface area contributed by atoms with Crippen LogP contribution in [0, 0.1) is 0 Å². The summed E-state index contributed by atoms with van der Waals surface area (Å²) in [4.78, 5) is 35.6. The standard InChI is InChI=1S/C22H33NO5S/c1-17(24)29-15-11-6-5-10-14-19(20(25)28-22(2,3)4)23-21(26)27-16-18-12-8-7-9-13-18/h7-9,12-13,19H,5-6,10-11,14-16H2,1-4H3,(H,23,26)/t19-/m0/s1. The van der Waals surface area contributed by atoms with Crippen molar-refractivity contribution in [2.24, 2.45) is 0 Å². The predicted octanol–water partition coefficient (Wildman–Crippen LogP) is 4.85. The predicted molar refractivity (Wildman–Crippen MR) is 116 cm³/mol. The van der Waals surface area contributed by atoms with Crippen molar-refractivity contribution in [1.29, 1.82) is 0 Å². The van der Waals surface area contributed by atoms with E-state index in [1.54, 1.807) is 27.7 Å². The van der Waals surface area contributed by atoms with Gasteiger partial charge in [-0.3, -0.25) is 4.79 Å². The fourth-order valence-corrected chi connectivity index (χ4v) is 3.18. The summed E-state index contributed by atoms with van der Waals surface area (Å²) < 4.78 is 10.7. The first kappa shape index (κ1) is 25.0. The van der Waals surface area contributed by atoms with Crippen molar-refractivity contribution in [1.82, 2.24) is 5.32 Å². The summed E-state index contributed by atoms with van der Waals surface area (Å²) in [7, 11) is 0. The van der Waals surface area contributed by atoms with Crippen LogP contribution in [0.2, 0.25) is 0 Å². The van der Waals surface area contributed by atoms with E-state index in [-0.39, 0.29) is 11.7 Å². The Morgan fingerprint density at radius 2 is 1.69 bits per heavy atom. The summed E-state index contributed by atoms with van der Waals surface area (Å²) in [5, 5.41) is 2.77. The molecule has 0 unspecified atom stereocenters. The third kappa shape index (κ3) is 12.9. The van der Waals surface area contributed by atoms with Crippen LogP contribution < -0.4 is 5.32 Å². The number of hydrogen-bond acceptors (Lipinski definition) is 6. The molecule has 0 spiro atoms. The molecule has 1 aromatic carbocycles. The number of rotatable bonds is 11. The van der Waals surface area contributed by atoms with Crippen molar-refractivity contribution in [2.75, 3.05) is 5.75 Å². The Balaban J connectivity index is 2.46. The Bertz CT molecular complexity index is 642. The molecule has 1 atom stereocenters. The van der Waals surface area contributed by atoms with Crippen LogP contribution in [0.25, 0.3) is 0 Å². The molecular weight excluding hydrogens is 390 g/mol. The molecule has 0 aliphatic rings. The van der Waals surface area contributed by atoms with Gasteiger partial charge in [-0.25, -0.2) is 9.59 Å². The third-order valence-corrected chi connectivity index (χ3v) is 4.79. The number of nitrogens with one attached hydrogen (secondary N) is 1. The second-order valence-electron chi connectivity index (χ2n) is 7.84. The number of carbonyl (C=O) groups excluding carboxylic acids is 3. The lowest BCUT2D eigenvalue weighted by atomic mass is 10.1. The number of hydrogen-bond donors (Lipinski definition) is 1. The molecule has 162 valence electrons. The first-order valence-electron chi connectivity index (χ1n) is 10.0. The van der Waals surface area contributed by atoms with Crippen LogP contribution in [0.15, 0.2) is 30.3 Å². The summed E-state index contributed by atoms with van der Waals surface area (Å²) in [6, 6.07) is 8.61. The molecule has 1 N–H and O–H groups in total. The summed E-state index contributed by atoms with van der Waals surface area (Å²) in [5.41, 5.74) is 0.245. The smallest absolute Gasteiger partial charge is 0.408 e. The van der Waals surface area contributed by atoms with Crippen molar-refractivity contribution in [2.45, 2.75) is 78.0 Å². The minimum Gasteiger partial charge on any atom is -0.458 e. The largest absolute Gasteiger partial charge is 0.458 e. The van der Waals surface area contributed by atoms with Gasteiger partial charge in [0.05, 0.1) is 0 Å². The molecule has 0 aliphatic carbocycles. The van der Waals surface area contributed by atoms with Crippen molar-refractivity contribution >= 4 is 28.9 Å². The lowest BCUT2D eigenvalue weighted by molar-refractivity contribution is -0.157. The van der Waals surface area contributed by atoms with E-state index in [4.69, 9.17) is 9.47 Å². The van der Waals surface area contributed by atoms with E-state index in [2.05, 4.69) is 5.32 Å². The molecule has 0 saturated carbocycles. The van der Waals surface area contributed by atoms with E-state index >= 15 is 0 Å². The van der Waals surface area contributed by atoms with Gasteiger partial charge in [-0.2, -0.15) is 0 Å². The number of esters is 1. The van der Waals surface area contributed by atoms with E-state index in [0.717, 1.165) is 37.0 Å². The molecule has 1 amide bonds. The number of benzene rings is 1. The van der Waals surface area contributed by atoms with Crippen LogP contribution in [0.1, 0.15) is 65.4 Å². The second kappa shape index (κ2) is 13.2. The van der Waals surface area contributed by atoms with Crippen molar-refractivity contribution in [3.8, 4) is 0 Å². The molecular formula is C22H33NO5S. The topological polar surface area (TPSA) is 81.7 Å². The number of carbonyl (C=O) groups is 3. The van der Waals surface area contributed by atoms with Crippen molar-refractivity contribution in [3.05, 3.63) is 35.9 Å². The monoisotopic (exact) mass is 423 g/mol. The molecule has 7 heteroatoms. The van der Waals surface area contributed by atoms with Crippen LogP contribution in [0.4, 0.5) is 4.79 Å². The number of unbranched alkanes of at least 4 members (excludes halogenated alkanes) is 3. The molecule has 0 bridgehead atoms. The molecule has 0 aromatic heterocycles. The number of ether oxygens (including phenoxy) is 2. The molecule has 1 rings (SSSR count). The van der Waals surface area contributed by atoms with Gasteiger partial charge >= 0.3 is 12.1 Å². The second-order valence-corrected chi connectivity index (χ2v) is 9.11. The van der Waals surface area contributed by atoms with Gasteiger partial charge in [0.25, 0.3) is 0 Å². The zero-order valence-electron chi connectivity index (χ0n) is 17.9. The van der Waals surface area contributed by atoms with Gasteiger partial charge in [0.2, 0.25) is 0 Å². The Labute approximate surface area is 178 Å². The maximum absolute atomic E-state index is 12.5. The Morgan fingerprint density at radius 3 is 2.31 bits per heavy atom. The number of alkyl carbamates (subject to hydrolysis) is 1. The highest BCUT2D eigenvalue weighted by atomic mass is 32.2. The maximum Gasteiger partial charge on any atom is 0.408 e. The zero-order chi connectivity index (χ0) is 21.7. The highest BCUT2D eigenvalue weighted by Gasteiger charge is 2.26. The summed E-state index contributed by atoms with van der Waals surface area (Å²) in [5.74, 6) is 0.357. The lowest BCUT2D eigenvalue weighted by Crippen LogP contribution is -2.44. The average Bonchev–Trinajstić information content (AvgIpc) is 2.63. The summed E-state index contributed by atoms with van der Waals surface area (Å²) in [6.45, 7) is 7.09. The van der Waals surface area contributed by atoms with Crippen molar-refractivity contribution in [3.63, 3.8) is 0 Å². The van der Waals surface area contributed by atoms with E-state index in [1.165, 1.54) is 11.8 Å². The van der Waals surface area contributed by atoms with Crippen LogP contribution in [-0.4, -0.2) is 34.6 Å². The quantitative estimate of drug-likeness (QED) is 0.405. The summed E-state index contributed by atoms with van der Waals surface area (Å²) in [6.07, 6.45) is 3.46. The SMILES string of the molecule is CC(=O)SCCCCCC[C@H](NC(=O)OCc1ccccc1)C(=O)OC(C)(C)C. The van der Waals surface area contributed by atoms with Crippen LogP contribution in [-0.2, 0) is 25.7 Å². The fraction of sp³-hybridized carbons (Fsp3) is 0.591. The maximum atomic E-state index is 12.5. The number of thioether (sulfide) groups is 1. The first-order chi connectivity index (χ1) is 13.7. The van der Waals surface area contributed by atoms with Crippen molar-refractivity contribution < 1.29 is 23.9 Å². The fourth-order valence-electron chi connectivity index (χ4n) is 2.55. The summed E-state index contributed by atoms with van der Waals surface area (Å²) >= 11 is 1.33. The van der Waals surface area contributed by atoms with Gasteiger partial charge in [-0.1, -0.05) is 61.4 Å². The minimum atomic E-state index is -0.746. The van der Waals surface area contributed by atoms with E-state index < -0.39 is 23.7 Å². The van der Waals surface area contributed by atoms with Gasteiger partial charge in [0, 0.05) is 12.7 Å². The minimum absolute atomic E-state index is 0.133. The normalized spacial score (nSPS) is 12.1. The molecule has 29 heavy (non-hydrogen) atoms. The average molecular weight is 424 g/mol. The zero-order valence-corrected chi connectivity index (χ0v) is 18.7. The van der Waals surface area contributed by atoms with Gasteiger partial charge in [-0.05, 0) is 39.2 Å². The third-order valence-electron chi connectivity index (χ3n) is 3.89. The Kier molecular flexibility index (Phi) is 11.4. The van der Waals surface area contributed by atoms with Gasteiger partial charge < -0.3 is 14.8 Å². The molecule has 0 saturated heterocycles. The molecule has 0 fully saturated rings. The van der Waals surface area contributed by atoms with Crippen LogP contribution >= 0.6 is 11.8 Å². The highest BCUT2D eigenvalue weighted by Crippen LogP contribution is 2.14. The van der Waals surface area contributed by atoms with Gasteiger partial charge in [0.15, 0.2) is 5.12 Å². The molecule has 6 nitrogen and oxygen atoms in total. The van der Waals surface area contributed by atoms with Gasteiger partial charge in [-0.15, -0.1) is 0 Å². The Morgan fingerprint density at radius 1 is 1.03 bits per heavy atom. The van der Waals surface area contributed by atoms with Crippen LogP contribution in [0.5, 0.6) is 0 Å². The van der Waals surface area contributed by atoms with E-state index in [1.807, 2.05) is 30.3 Å². The Hall–Kier alpha value is -2.02. The highest BCUT2D eigenvalue weighted by molar-refractivity contribution is 8.13. The molecule has 0 aliphatic heterocycles. The lowest BCUT2D eigenvalue weighted by Gasteiger charge is -2.24.